The summed E-state index contributed by atoms with van der Waals surface area (Å²) in [7, 11) is 0. The minimum atomic E-state index is -4.81. The fourth-order valence-electron chi connectivity index (χ4n) is 3.14. The fraction of sp³-hybridized carbons (Fsp3) is 0.391. The highest BCUT2D eigenvalue weighted by Crippen LogP contribution is 2.41. The molecule has 0 saturated carbocycles. The van der Waals surface area contributed by atoms with Gasteiger partial charge in [0.2, 0.25) is 0 Å². The van der Waals surface area contributed by atoms with Crippen molar-refractivity contribution in [1.29, 1.82) is 0 Å². The van der Waals surface area contributed by atoms with Crippen LogP contribution in [0.2, 0.25) is 5.02 Å². The van der Waals surface area contributed by atoms with Gasteiger partial charge in [-0.05, 0) is 74.7 Å². The molecular weight excluding hydrogens is 440 g/mol. The van der Waals surface area contributed by atoms with Gasteiger partial charge in [-0.1, -0.05) is 17.7 Å². The summed E-state index contributed by atoms with van der Waals surface area (Å²) in [5.74, 6) is -6.86. The largest absolute Gasteiger partial charge is 0.399 e. The summed E-state index contributed by atoms with van der Waals surface area (Å²) in [6, 6.07) is 5.56. The number of hydrogen-bond donors (Lipinski definition) is 1. The maximum absolute atomic E-state index is 14.9. The lowest BCUT2D eigenvalue weighted by Crippen LogP contribution is -2.19. The summed E-state index contributed by atoms with van der Waals surface area (Å²) < 4.78 is 84.3. The van der Waals surface area contributed by atoms with E-state index < -0.39 is 29.4 Å². The normalized spacial score (nSPS) is 14.2. The zero-order valence-electron chi connectivity index (χ0n) is 17.8. The number of alkyl halides is 5. The topological polar surface area (TPSA) is 12.0 Å². The molecule has 2 aromatic carbocycles. The molecule has 0 spiro atoms. The standard InChI is InChI=1S/C23H24ClF6N/c1-12(2)31-21-7-6-15(9-18(21)22(5,26)27)20(25)11-17(23(28,29)30)16-8-13(3)14(4)19(24)10-16/h6-12,17,31H,1-5H3/b20-11-. The number of anilines is 1. The van der Waals surface area contributed by atoms with E-state index in [2.05, 4.69) is 5.32 Å². The summed E-state index contributed by atoms with van der Waals surface area (Å²) in [5.41, 5.74) is 0.152. The van der Waals surface area contributed by atoms with E-state index in [1.54, 1.807) is 27.7 Å². The predicted molar refractivity (Wildman–Crippen MR) is 114 cm³/mol. The number of nitrogens with one attached hydrogen (secondary N) is 1. The highest BCUT2D eigenvalue weighted by atomic mass is 35.5. The van der Waals surface area contributed by atoms with Crippen LogP contribution in [0.1, 0.15) is 54.5 Å². The van der Waals surface area contributed by atoms with Crippen molar-refractivity contribution in [3.8, 4) is 0 Å². The van der Waals surface area contributed by atoms with Crippen molar-refractivity contribution in [3.63, 3.8) is 0 Å². The average Bonchev–Trinajstić information content (AvgIpc) is 2.61. The van der Waals surface area contributed by atoms with Gasteiger partial charge in [-0.15, -0.1) is 0 Å². The van der Waals surface area contributed by atoms with E-state index in [0.717, 1.165) is 12.1 Å². The Labute approximate surface area is 183 Å². The van der Waals surface area contributed by atoms with Crippen LogP contribution in [0.15, 0.2) is 36.4 Å². The van der Waals surface area contributed by atoms with Gasteiger partial charge in [0.1, 0.15) is 11.7 Å². The lowest BCUT2D eigenvalue weighted by atomic mass is 9.93. The minimum absolute atomic E-state index is 0.0902. The molecule has 170 valence electrons. The summed E-state index contributed by atoms with van der Waals surface area (Å²) >= 11 is 6.02. The first-order chi connectivity index (χ1) is 14.1. The van der Waals surface area contributed by atoms with E-state index in [4.69, 9.17) is 11.6 Å². The number of benzene rings is 2. The highest BCUT2D eigenvalue weighted by molar-refractivity contribution is 6.31. The Morgan fingerprint density at radius 3 is 2.13 bits per heavy atom. The third-order valence-corrected chi connectivity index (χ3v) is 5.26. The maximum Gasteiger partial charge on any atom is 0.399 e. The lowest BCUT2D eigenvalue weighted by molar-refractivity contribution is -0.139. The number of aryl methyl sites for hydroxylation is 1. The molecule has 1 atom stereocenters. The number of rotatable bonds is 6. The minimum Gasteiger partial charge on any atom is -0.382 e. The Balaban J connectivity index is 2.58. The first-order valence-electron chi connectivity index (χ1n) is 9.61. The monoisotopic (exact) mass is 463 g/mol. The van der Waals surface area contributed by atoms with Crippen LogP contribution >= 0.6 is 11.6 Å². The number of hydrogen-bond acceptors (Lipinski definition) is 1. The number of halogens is 7. The van der Waals surface area contributed by atoms with E-state index in [1.807, 2.05) is 0 Å². The molecule has 31 heavy (non-hydrogen) atoms. The van der Waals surface area contributed by atoms with E-state index in [1.165, 1.54) is 18.2 Å². The molecule has 0 fully saturated rings. The molecule has 8 heteroatoms. The van der Waals surface area contributed by atoms with E-state index >= 15 is 0 Å². The molecule has 0 radical (unpaired) electrons. The molecule has 0 amide bonds. The Kier molecular flexibility index (Phi) is 7.41. The molecule has 0 heterocycles. The van der Waals surface area contributed by atoms with Gasteiger partial charge in [0, 0.05) is 34.8 Å². The average molecular weight is 464 g/mol. The van der Waals surface area contributed by atoms with Gasteiger partial charge < -0.3 is 5.32 Å². The SMILES string of the molecule is Cc1cc(C(/C=C(\F)c2ccc(NC(C)C)c(C(C)(F)F)c2)C(F)(F)F)cc(Cl)c1C. The van der Waals surface area contributed by atoms with E-state index in [9.17, 15) is 26.3 Å². The van der Waals surface area contributed by atoms with Crippen LogP contribution in [0.4, 0.5) is 32.0 Å². The lowest BCUT2D eigenvalue weighted by Gasteiger charge is -2.21. The molecule has 1 N–H and O–H groups in total. The predicted octanol–water partition coefficient (Wildman–Crippen LogP) is 8.55. The van der Waals surface area contributed by atoms with Crippen molar-refractivity contribution in [2.75, 3.05) is 5.32 Å². The van der Waals surface area contributed by atoms with Crippen molar-refractivity contribution < 1.29 is 26.3 Å². The van der Waals surface area contributed by atoms with Gasteiger partial charge >= 0.3 is 6.18 Å². The third-order valence-electron chi connectivity index (χ3n) is 4.86. The Hall–Kier alpha value is -2.15. The summed E-state index contributed by atoms with van der Waals surface area (Å²) in [4.78, 5) is 0. The first kappa shape index (κ1) is 25.1. The molecule has 0 aromatic heterocycles. The van der Waals surface area contributed by atoms with E-state index in [0.29, 0.717) is 24.1 Å². The maximum atomic E-state index is 14.9. The summed E-state index contributed by atoms with van der Waals surface area (Å²) in [6.45, 7) is 7.41. The van der Waals surface area contributed by atoms with Crippen molar-refractivity contribution >= 4 is 23.1 Å². The van der Waals surface area contributed by atoms with Gasteiger partial charge in [0.15, 0.2) is 0 Å². The Morgan fingerprint density at radius 2 is 1.65 bits per heavy atom. The van der Waals surface area contributed by atoms with Gasteiger partial charge in [-0.3, -0.25) is 0 Å². The quantitative estimate of drug-likeness (QED) is 0.423. The molecule has 0 saturated heterocycles. The van der Waals surface area contributed by atoms with Crippen LogP contribution < -0.4 is 5.32 Å². The zero-order chi connectivity index (χ0) is 23.7. The van der Waals surface area contributed by atoms with Crippen LogP contribution in [-0.2, 0) is 5.92 Å². The molecule has 2 aromatic rings. The molecule has 1 unspecified atom stereocenters. The van der Waals surface area contributed by atoms with Crippen LogP contribution in [0.5, 0.6) is 0 Å². The van der Waals surface area contributed by atoms with Gasteiger partial charge in [-0.2, -0.15) is 13.2 Å². The zero-order valence-corrected chi connectivity index (χ0v) is 18.5. The molecule has 0 aliphatic rings. The molecule has 2 rings (SSSR count). The van der Waals surface area contributed by atoms with Crippen molar-refractivity contribution in [2.24, 2.45) is 0 Å². The second-order valence-corrected chi connectivity index (χ2v) is 8.33. The number of allylic oxidation sites excluding steroid dienone is 1. The van der Waals surface area contributed by atoms with Crippen LogP contribution in [0.3, 0.4) is 0 Å². The molecular formula is C23H24ClF6N. The van der Waals surface area contributed by atoms with Crippen molar-refractivity contribution in [1.82, 2.24) is 0 Å². The second-order valence-electron chi connectivity index (χ2n) is 7.93. The van der Waals surface area contributed by atoms with Gasteiger partial charge in [0.25, 0.3) is 5.92 Å². The molecule has 0 aliphatic heterocycles. The Morgan fingerprint density at radius 1 is 1.03 bits per heavy atom. The molecule has 0 aliphatic carbocycles. The van der Waals surface area contributed by atoms with Crippen LogP contribution in [0.25, 0.3) is 5.83 Å². The molecule has 1 nitrogen and oxygen atoms in total. The first-order valence-corrected chi connectivity index (χ1v) is 9.99. The van der Waals surface area contributed by atoms with E-state index in [-0.39, 0.29) is 27.9 Å². The van der Waals surface area contributed by atoms with Crippen molar-refractivity contribution in [2.45, 2.75) is 58.7 Å². The van der Waals surface area contributed by atoms with Gasteiger partial charge in [-0.25, -0.2) is 13.2 Å². The third kappa shape index (κ3) is 6.19. The molecule has 0 bridgehead atoms. The van der Waals surface area contributed by atoms with Crippen LogP contribution in [-0.4, -0.2) is 12.2 Å². The highest BCUT2D eigenvalue weighted by Gasteiger charge is 2.40. The van der Waals surface area contributed by atoms with Crippen LogP contribution in [0, 0.1) is 13.8 Å². The smallest absolute Gasteiger partial charge is 0.382 e. The van der Waals surface area contributed by atoms with Crippen molar-refractivity contribution in [3.05, 3.63) is 69.2 Å². The van der Waals surface area contributed by atoms with Gasteiger partial charge in [0.05, 0.1) is 0 Å². The summed E-state index contributed by atoms with van der Waals surface area (Å²) in [5, 5.41) is 2.97. The second kappa shape index (κ2) is 9.15. The fourth-order valence-corrected chi connectivity index (χ4v) is 3.41. The summed E-state index contributed by atoms with van der Waals surface area (Å²) in [6.07, 6.45) is -4.41. The Bertz CT molecular complexity index is 950.